The molecule has 2 aromatic heterocycles. The molecule has 0 bridgehead atoms. The summed E-state index contributed by atoms with van der Waals surface area (Å²) >= 11 is 5.99. The molecule has 0 unspecified atom stereocenters. The summed E-state index contributed by atoms with van der Waals surface area (Å²) in [5.74, 6) is 0.878. The maximum Gasteiger partial charge on any atom is 0.242 e. The van der Waals surface area contributed by atoms with Crippen LogP contribution in [-0.2, 0) is 16.6 Å². The highest BCUT2D eigenvalue weighted by Crippen LogP contribution is 2.22. The number of anilines is 1. The summed E-state index contributed by atoms with van der Waals surface area (Å²) < 4.78 is 31.6. The summed E-state index contributed by atoms with van der Waals surface area (Å²) in [4.78, 5) is 3.99. The topological polar surface area (TPSA) is 97.1 Å². The molecular weight excluding hydrogens is 316 g/mol. The van der Waals surface area contributed by atoms with Crippen LogP contribution in [0.1, 0.15) is 18.4 Å². The number of hydrogen-bond donors (Lipinski definition) is 2. The van der Waals surface area contributed by atoms with Crippen molar-refractivity contribution >= 4 is 27.4 Å². The number of nitrogens with one attached hydrogen (secondary N) is 2. The van der Waals surface area contributed by atoms with Crippen LogP contribution in [0.5, 0.6) is 0 Å². The molecule has 2 rings (SSSR count). The number of aromatic nitrogens is 2. The van der Waals surface area contributed by atoms with E-state index in [1.807, 2.05) is 6.92 Å². The van der Waals surface area contributed by atoms with Crippen LogP contribution in [0.4, 0.5) is 5.82 Å². The van der Waals surface area contributed by atoms with Gasteiger partial charge in [0.1, 0.15) is 10.7 Å². The van der Waals surface area contributed by atoms with Gasteiger partial charge in [0.25, 0.3) is 0 Å². The van der Waals surface area contributed by atoms with E-state index in [0.717, 1.165) is 0 Å². The molecule has 0 saturated carbocycles. The van der Waals surface area contributed by atoms with Crippen LogP contribution < -0.4 is 10.0 Å². The number of sulfonamides is 1. The van der Waals surface area contributed by atoms with E-state index in [2.05, 4.69) is 20.2 Å². The number of halogens is 1. The third-order valence-electron chi connectivity index (χ3n) is 2.58. The van der Waals surface area contributed by atoms with Crippen LogP contribution in [0.3, 0.4) is 0 Å². The minimum Gasteiger partial charge on any atom is -0.369 e. The average molecular weight is 331 g/mol. The average Bonchev–Trinajstić information content (AvgIpc) is 2.85. The molecule has 21 heavy (non-hydrogen) atoms. The summed E-state index contributed by atoms with van der Waals surface area (Å²) in [7, 11) is -3.72. The zero-order chi connectivity index (χ0) is 15.5. The first kappa shape index (κ1) is 15.7. The fourth-order valence-corrected chi connectivity index (χ4v) is 2.88. The van der Waals surface area contributed by atoms with Gasteiger partial charge in [0, 0.05) is 18.8 Å². The fourth-order valence-electron chi connectivity index (χ4n) is 1.61. The van der Waals surface area contributed by atoms with E-state index in [9.17, 15) is 8.42 Å². The minimum absolute atomic E-state index is 0.00890. The summed E-state index contributed by atoms with van der Waals surface area (Å²) in [5, 5.41) is 6.86. The van der Waals surface area contributed by atoms with E-state index >= 15 is 0 Å². The molecule has 0 aliphatic heterocycles. The van der Waals surface area contributed by atoms with E-state index < -0.39 is 10.0 Å². The smallest absolute Gasteiger partial charge is 0.242 e. The second-order valence-electron chi connectivity index (χ2n) is 4.29. The standard InChI is InChI=1S/C12H15ClN4O3S/c1-3-14-12-11(13)5-10(7-15-12)21(18,19)16-6-9-4-8(2)17-20-9/h4-5,7,16H,3,6H2,1-2H3,(H,14,15). The number of rotatable bonds is 6. The number of hydrogen-bond acceptors (Lipinski definition) is 6. The van der Waals surface area contributed by atoms with Gasteiger partial charge in [0.05, 0.1) is 17.3 Å². The maximum atomic E-state index is 12.1. The molecule has 9 heteroatoms. The first-order valence-corrected chi connectivity index (χ1v) is 8.09. The monoisotopic (exact) mass is 330 g/mol. The molecule has 0 atom stereocenters. The van der Waals surface area contributed by atoms with Crippen molar-refractivity contribution in [1.82, 2.24) is 14.9 Å². The van der Waals surface area contributed by atoms with Crippen LogP contribution in [0.25, 0.3) is 0 Å². The third-order valence-corrected chi connectivity index (χ3v) is 4.24. The Morgan fingerprint density at radius 2 is 2.14 bits per heavy atom. The molecular formula is C12H15ClN4O3S. The van der Waals surface area contributed by atoms with E-state index in [0.29, 0.717) is 23.8 Å². The van der Waals surface area contributed by atoms with Crippen LogP contribution >= 0.6 is 11.6 Å². The molecule has 2 aromatic rings. The molecule has 7 nitrogen and oxygen atoms in total. The van der Waals surface area contributed by atoms with Crippen molar-refractivity contribution in [3.8, 4) is 0 Å². The van der Waals surface area contributed by atoms with Crippen molar-refractivity contribution in [1.29, 1.82) is 0 Å². The highest BCUT2D eigenvalue weighted by atomic mass is 35.5. The quantitative estimate of drug-likeness (QED) is 0.840. The van der Waals surface area contributed by atoms with E-state index in [1.165, 1.54) is 12.3 Å². The van der Waals surface area contributed by atoms with Gasteiger partial charge >= 0.3 is 0 Å². The SMILES string of the molecule is CCNc1ncc(S(=O)(=O)NCc2cc(C)no2)cc1Cl. The van der Waals surface area contributed by atoms with Crippen LogP contribution in [0.2, 0.25) is 5.02 Å². The molecule has 0 saturated heterocycles. The summed E-state index contributed by atoms with van der Waals surface area (Å²) in [6.07, 6.45) is 1.25. The highest BCUT2D eigenvalue weighted by Gasteiger charge is 2.17. The van der Waals surface area contributed by atoms with E-state index in [1.54, 1.807) is 13.0 Å². The molecule has 0 aromatic carbocycles. The van der Waals surface area contributed by atoms with Crippen molar-refractivity contribution in [3.05, 3.63) is 34.8 Å². The molecule has 0 radical (unpaired) electrons. The summed E-state index contributed by atoms with van der Waals surface area (Å²) in [5.41, 5.74) is 0.684. The van der Waals surface area contributed by atoms with Crippen molar-refractivity contribution in [2.45, 2.75) is 25.3 Å². The zero-order valence-corrected chi connectivity index (χ0v) is 13.1. The lowest BCUT2D eigenvalue weighted by Crippen LogP contribution is -2.23. The lowest BCUT2D eigenvalue weighted by Gasteiger charge is -2.08. The Balaban J connectivity index is 2.13. The molecule has 0 spiro atoms. The van der Waals surface area contributed by atoms with Gasteiger partial charge in [-0.15, -0.1) is 0 Å². The number of pyridine rings is 1. The van der Waals surface area contributed by atoms with Crippen LogP contribution in [0, 0.1) is 6.92 Å². The Bertz CT molecular complexity index is 730. The Kier molecular flexibility index (Phi) is 4.81. The van der Waals surface area contributed by atoms with Gasteiger partial charge in [-0.3, -0.25) is 0 Å². The zero-order valence-electron chi connectivity index (χ0n) is 11.6. The van der Waals surface area contributed by atoms with Crippen molar-refractivity contribution in [3.63, 3.8) is 0 Å². The van der Waals surface area contributed by atoms with Gasteiger partial charge in [-0.05, 0) is 19.9 Å². The largest absolute Gasteiger partial charge is 0.369 e. The van der Waals surface area contributed by atoms with E-state index in [4.69, 9.17) is 16.1 Å². The second kappa shape index (κ2) is 6.42. The van der Waals surface area contributed by atoms with Crippen LogP contribution in [-0.4, -0.2) is 25.1 Å². The predicted octanol–water partition coefficient (Wildman–Crippen LogP) is 1.94. The molecule has 2 N–H and O–H groups in total. The summed E-state index contributed by atoms with van der Waals surface area (Å²) in [6.45, 7) is 4.30. The Morgan fingerprint density at radius 3 is 2.71 bits per heavy atom. The molecule has 0 amide bonds. The Labute approximate surface area is 127 Å². The van der Waals surface area contributed by atoms with Gasteiger partial charge < -0.3 is 9.84 Å². The molecule has 2 heterocycles. The lowest BCUT2D eigenvalue weighted by molar-refractivity contribution is 0.377. The number of aryl methyl sites for hydroxylation is 1. The van der Waals surface area contributed by atoms with Gasteiger partial charge in [-0.1, -0.05) is 16.8 Å². The molecule has 0 fully saturated rings. The summed E-state index contributed by atoms with van der Waals surface area (Å²) in [6, 6.07) is 3.00. The van der Waals surface area contributed by atoms with E-state index in [-0.39, 0.29) is 16.5 Å². The van der Waals surface area contributed by atoms with Crippen LogP contribution in [0.15, 0.2) is 27.7 Å². The van der Waals surface area contributed by atoms with Gasteiger partial charge in [-0.25, -0.2) is 18.1 Å². The normalized spacial score (nSPS) is 11.6. The minimum atomic E-state index is -3.72. The van der Waals surface area contributed by atoms with Gasteiger partial charge in [0.2, 0.25) is 10.0 Å². The molecule has 114 valence electrons. The first-order valence-electron chi connectivity index (χ1n) is 6.23. The fraction of sp³-hybridized carbons (Fsp3) is 0.333. The highest BCUT2D eigenvalue weighted by molar-refractivity contribution is 7.89. The van der Waals surface area contributed by atoms with Gasteiger partial charge in [-0.2, -0.15) is 0 Å². The maximum absolute atomic E-state index is 12.1. The van der Waals surface area contributed by atoms with Crippen molar-refractivity contribution in [2.75, 3.05) is 11.9 Å². The number of nitrogens with zero attached hydrogens (tertiary/aromatic N) is 2. The van der Waals surface area contributed by atoms with Crippen molar-refractivity contribution < 1.29 is 12.9 Å². The third kappa shape index (κ3) is 3.93. The second-order valence-corrected chi connectivity index (χ2v) is 6.47. The van der Waals surface area contributed by atoms with Gasteiger partial charge in [0.15, 0.2) is 5.76 Å². The first-order chi connectivity index (χ1) is 9.92. The molecule has 0 aliphatic carbocycles. The lowest BCUT2D eigenvalue weighted by atomic mass is 10.4. The van der Waals surface area contributed by atoms with Crippen molar-refractivity contribution in [2.24, 2.45) is 0 Å². The Morgan fingerprint density at radius 1 is 1.38 bits per heavy atom. The molecule has 0 aliphatic rings. The Hall–Kier alpha value is -1.64. The predicted molar refractivity (Wildman–Crippen MR) is 78.7 cm³/mol.